The number of para-hydroxylation sites is 1. The summed E-state index contributed by atoms with van der Waals surface area (Å²) in [6.07, 6.45) is 1.13. The van der Waals surface area contributed by atoms with E-state index >= 15 is 0 Å². The maximum absolute atomic E-state index is 13.0. The van der Waals surface area contributed by atoms with Crippen LogP contribution in [0.5, 0.6) is 0 Å². The van der Waals surface area contributed by atoms with Crippen molar-refractivity contribution in [3.05, 3.63) is 70.9 Å². The van der Waals surface area contributed by atoms with E-state index in [1.807, 2.05) is 55.5 Å². The first kappa shape index (κ1) is 18.3. The largest absolute Gasteiger partial charge is 0.464 e. The van der Waals surface area contributed by atoms with Gasteiger partial charge in [-0.25, -0.2) is 4.79 Å². The number of aromatic amines is 1. The number of ether oxygens (including phenoxy) is 1. The number of rotatable bonds is 5. The number of aromatic nitrogens is 1. The minimum absolute atomic E-state index is 0.172. The van der Waals surface area contributed by atoms with Gasteiger partial charge in [-0.3, -0.25) is 4.79 Å². The second kappa shape index (κ2) is 7.15. The molecule has 1 heterocycles. The molecule has 2 N–H and O–H groups in total. The van der Waals surface area contributed by atoms with Gasteiger partial charge in [-0.1, -0.05) is 42.5 Å². The Kier molecular flexibility index (Phi) is 4.67. The molecule has 3 aromatic rings. The summed E-state index contributed by atoms with van der Waals surface area (Å²) >= 11 is 0. The number of nitrogens with one attached hydrogen (secondary N) is 2. The van der Waals surface area contributed by atoms with E-state index in [-0.39, 0.29) is 24.9 Å². The predicted molar refractivity (Wildman–Crippen MR) is 108 cm³/mol. The Labute approximate surface area is 164 Å². The smallest absolute Gasteiger partial charge is 0.332 e. The van der Waals surface area contributed by atoms with Crippen LogP contribution < -0.4 is 5.32 Å². The minimum Gasteiger partial charge on any atom is -0.464 e. The van der Waals surface area contributed by atoms with Crippen molar-refractivity contribution >= 4 is 22.8 Å². The van der Waals surface area contributed by atoms with Crippen molar-refractivity contribution < 1.29 is 14.3 Å². The lowest BCUT2D eigenvalue weighted by Crippen LogP contribution is -2.56. The maximum atomic E-state index is 13.0. The molecule has 0 saturated heterocycles. The molecular formula is C23H24N2O3. The van der Waals surface area contributed by atoms with E-state index in [0.29, 0.717) is 12.8 Å². The molecule has 0 bridgehead atoms. The van der Waals surface area contributed by atoms with Crippen LogP contribution in [0.15, 0.2) is 48.5 Å². The molecule has 28 heavy (non-hydrogen) atoms. The highest BCUT2D eigenvalue weighted by atomic mass is 16.5. The Balaban J connectivity index is 1.60. The molecule has 1 aliphatic rings. The highest BCUT2D eigenvalue weighted by molar-refractivity contribution is 5.93. The summed E-state index contributed by atoms with van der Waals surface area (Å²) in [6, 6.07) is 15.9. The Morgan fingerprint density at radius 3 is 2.39 bits per heavy atom. The molecule has 144 valence electrons. The summed E-state index contributed by atoms with van der Waals surface area (Å²) in [6.45, 7) is 4.04. The van der Waals surface area contributed by atoms with E-state index in [1.54, 1.807) is 6.92 Å². The maximum Gasteiger partial charge on any atom is 0.332 e. The van der Waals surface area contributed by atoms with Crippen molar-refractivity contribution in [1.29, 1.82) is 0 Å². The normalized spacial score (nSPS) is 14.6. The number of carbonyl (C=O) groups excluding carboxylic acids is 2. The molecule has 1 aliphatic carbocycles. The summed E-state index contributed by atoms with van der Waals surface area (Å²) in [7, 11) is 0. The standard InChI is InChI=1S/C23H24N2O3/c1-3-28-22(27)23(13-16-8-4-5-9-17(16)14-23)25-21(26)12-19-15(2)24-20-11-7-6-10-18(19)20/h4-11,24H,3,12-14H2,1-2H3,(H,25,26). The van der Waals surface area contributed by atoms with Crippen LogP contribution >= 0.6 is 0 Å². The molecule has 0 spiro atoms. The fourth-order valence-corrected chi connectivity index (χ4v) is 4.20. The summed E-state index contributed by atoms with van der Waals surface area (Å²) in [5.74, 6) is -0.538. The zero-order valence-electron chi connectivity index (χ0n) is 16.2. The first-order valence-corrected chi connectivity index (χ1v) is 9.63. The van der Waals surface area contributed by atoms with Gasteiger partial charge >= 0.3 is 5.97 Å². The second-order valence-electron chi connectivity index (χ2n) is 7.42. The van der Waals surface area contributed by atoms with Gasteiger partial charge in [0, 0.05) is 29.4 Å². The van der Waals surface area contributed by atoms with Gasteiger partial charge in [-0.2, -0.15) is 0 Å². The van der Waals surface area contributed by atoms with E-state index < -0.39 is 5.54 Å². The van der Waals surface area contributed by atoms with Gasteiger partial charge in [-0.05, 0) is 36.6 Å². The van der Waals surface area contributed by atoms with Crippen LogP contribution in [0.25, 0.3) is 10.9 Å². The third-order valence-electron chi connectivity index (χ3n) is 5.51. The number of benzene rings is 2. The van der Waals surface area contributed by atoms with Crippen molar-refractivity contribution in [3.8, 4) is 0 Å². The number of amides is 1. The molecule has 1 amide bonds. The van der Waals surface area contributed by atoms with Gasteiger partial charge in [0.2, 0.25) is 5.91 Å². The third kappa shape index (κ3) is 3.17. The zero-order chi connectivity index (χ0) is 19.7. The van der Waals surface area contributed by atoms with Crippen LogP contribution in [0.3, 0.4) is 0 Å². The van der Waals surface area contributed by atoms with Crippen molar-refractivity contribution in [2.75, 3.05) is 6.61 Å². The molecule has 4 rings (SSSR count). The highest BCUT2D eigenvalue weighted by Crippen LogP contribution is 2.32. The van der Waals surface area contributed by atoms with E-state index in [9.17, 15) is 9.59 Å². The van der Waals surface area contributed by atoms with Gasteiger partial charge in [-0.15, -0.1) is 0 Å². The first-order chi connectivity index (χ1) is 13.5. The highest BCUT2D eigenvalue weighted by Gasteiger charge is 2.46. The lowest BCUT2D eigenvalue weighted by atomic mass is 9.94. The number of hydrogen-bond donors (Lipinski definition) is 2. The van der Waals surface area contributed by atoms with Gasteiger partial charge in [0.15, 0.2) is 0 Å². The molecule has 0 fully saturated rings. The third-order valence-corrected chi connectivity index (χ3v) is 5.51. The molecule has 0 radical (unpaired) electrons. The Hall–Kier alpha value is -3.08. The quantitative estimate of drug-likeness (QED) is 0.672. The van der Waals surface area contributed by atoms with Crippen molar-refractivity contribution in [2.45, 2.75) is 38.6 Å². The topological polar surface area (TPSA) is 71.2 Å². The Morgan fingerprint density at radius 1 is 1.07 bits per heavy atom. The van der Waals surface area contributed by atoms with Crippen LogP contribution in [-0.4, -0.2) is 29.0 Å². The summed E-state index contributed by atoms with van der Waals surface area (Å²) in [5, 5.41) is 4.06. The van der Waals surface area contributed by atoms with Crippen molar-refractivity contribution in [3.63, 3.8) is 0 Å². The summed E-state index contributed by atoms with van der Waals surface area (Å²) in [5.41, 5.74) is 4.07. The van der Waals surface area contributed by atoms with E-state index in [2.05, 4.69) is 10.3 Å². The molecule has 5 nitrogen and oxygen atoms in total. The lowest BCUT2D eigenvalue weighted by Gasteiger charge is -2.28. The molecular weight excluding hydrogens is 352 g/mol. The number of H-pyrrole nitrogens is 1. The van der Waals surface area contributed by atoms with E-state index in [0.717, 1.165) is 33.3 Å². The van der Waals surface area contributed by atoms with Crippen LogP contribution in [0.4, 0.5) is 0 Å². The SMILES string of the molecule is CCOC(=O)C1(NC(=O)Cc2c(C)[nH]c3ccccc23)Cc2ccccc2C1. The molecule has 5 heteroatoms. The van der Waals surface area contributed by atoms with Crippen LogP contribution in [0.1, 0.15) is 29.3 Å². The average molecular weight is 376 g/mol. The molecule has 0 atom stereocenters. The second-order valence-corrected chi connectivity index (χ2v) is 7.42. The number of aryl methyl sites for hydroxylation is 1. The van der Waals surface area contributed by atoms with E-state index in [4.69, 9.17) is 4.74 Å². The monoisotopic (exact) mass is 376 g/mol. The van der Waals surface area contributed by atoms with Crippen LogP contribution in [0.2, 0.25) is 0 Å². The Bertz CT molecular complexity index is 1030. The van der Waals surface area contributed by atoms with Crippen LogP contribution in [-0.2, 0) is 33.6 Å². The summed E-state index contributed by atoms with van der Waals surface area (Å²) in [4.78, 5) is 29.1. The fraction of sp³-hybridized carbons (Fsp3) is 0.304. The number of hydrogen-bond acceptors (Lipinski definition) is 3. The fourth-order valence-electron chi connectivity index (χ4n) is 4.20. The summed E-state index contributed by atoms with van der Waals surface area (Å²) < 4.78 is 5.33. The first-order valence-electron chi connectivity index (χ1n) is 9.63. The van der Waals surface area contributed by atoms with Crippen molar-refractivity contribution in [1.82, 2.24) is 10.3 Å². The zero-order valence-corrected chi connectivity index (χ0v) is 16.2. The molecule has 0 aliphatic heterocycles. The molecule has 1 aromatic heterocycles. The van der Waals surface area contributed by atoms with Crippen LogP contribution in [0, 0.1) is 6.92 Å². The van der Waals surface area contributed by atoms with Gasteiger partial charge in [0.25, 0.3) is 0 Å². The Morgan fingerprint density at radius 2 is 1.71 bits per heavy atom. The van der Waals surface area contributed by atoms with Gasteiger partial charge < -0.3 is 15.0 Å². The van der Waals surface area contributed by atoms with Gasteiger partial charge in [0.05, 0.1) is 13.0 Å². The number of esters is 1. The molecule has 2 aromatic carbocycles. The minimum atomic E-state index is -1.03. The number of carbonyl (C=O) groups is 2. The van der Waals surface area contributed by atoms with Gasteiger partial charge in [0.1, 0.15) is 5.54 Å². The molecule has 0 saturated carbocycles. The van der Waals surface area contributed by atoms with E-state index in [1.165, 1.54) is 0 Å². The van der Waals surface area contributed by atoms with Crippen molar-refractivity contribution in [2.24, 2.45) is 0 Å². The molecule has 0 unspecified atom stereocenters. The number of fused-ring (bicyclic) bond motifs is 2. The lowest BCUT2D eigenvalue weighted by molar-refractivity contribution is -0.153. The average Bonchev–Trinajstić information content (AvgIpc) is 3.20. The predicted octanol–water partition coefficient (Wildman–Crippen LogP) is 3.24.